The van der Waals surface area contributed by atoms with E-state index < -0.39 is 0 Å². The lowest BCUT2D eigenvalue weighted by molar-refractivity contribution is 0.525. The van der Waals surface area contributed by atoms with Crippen LogP contribution in [0.5, 0.6) is 0 Å². The van der Waals surface area contributed by atoms with Gasteiger partial charge in [-0.15, -0.1) is 0 Å². The Morgan fingerprint density at radius 1 is 1.50 bits per heavy atom. The van der Waals surface area contributed by atoms with Crippen LogP contribution in [0.3, 0.4) is 0 Å². The van der Waals surface area contributed by atoms with Crippen molar-refractivity contribution < 1.29 is 4.42 Å². The molecular formula is C10H11ClN2O. The summed E-state index contributed by atoms with van der Waals surface area (Å²) < 4.78 is 5.49. The second-order valence-corrected chi connectivity index (χ2v) is 3.61. The van der Waals surface area contributed by atoms with Gasteiger partial charge >= 0.3 is 0 Å². The van der Waals surface area contributed by atoms with Crippen LogP contribution >= 0.6 is 11.6 Å². The quantitative estimate of drug-likeness (QED) is 0.776. The van der Waals surface area contributed by atoms with E-state index >= 15 is 0 Å². The van der Waals surface area contributed by atoms with E-state index in [9.17, 15) is 0 Å². The minimum absolute atomic E-state index is 0.522. The summed E-state index contributed by atoms with van der Waals surface area (Å²) in [5.41, 5.74) is 7.65. The van der Waals surface area contributed by atoms with Crippen molar-refractivity contribution in [3.63, 3.8) is 0 Å². The first-order valence-electron chi connectivity index (χ1n) is 4.55. The molecule has 2 rings (SSSR count). The Hall–Kier alpha value is -1.22. The number of hydrogen-bond acceptors (Lipinski definition) is 3. The van der Waals surface area contributed by atoms with Gasteiger partial charge in [-0.05, 0) is 12.5 Å². The van der Waals surface area contributed by atoms with E-state index in [1.165, 1.54) is 0 Å². The number of halogens is 1. The highest BCUT2D eigenvalue weighted by molar-refractivity contribution is 6.33. The predicted molar refractivity (Wildman–Crippen MR) is 57.4 cm³/mol. The van der Waals surface area contributed by atoms with Gasteiger partial charge in [-0.25, -0.2) is 4.98 Å². The lowest BCUT2D eigenvalue weighted by Gasteiger charge is -1.94. The van der Waals surface area contributed by atoms with E-state index in [4.69, 9.17) is 21.8 Å². The zero-order valence-corrected chi connectivity index (χ0v) is 8.64. The summed E-state index contributed by atoms with van der Waals surface area (Å²) in [4.78, 5) is 4.30. The van der Waals surface area contributed by atoms with Crippen molar-refractivity contribution >= 4 is 28.4 Å². The van der Waals surface area contributed by atoms with Crippen LogP contribution in [-0.2, 0) is 6.42 Å². The standard InChI is InChI=1S/C10H11ClN2O/c1-2-3-10-13-8-4-6(11)7(12)5-9(8)14-10/h4-5H,2-3,12H2,1H3. The molecule has 14 heavy (non-hydrogen) atoms. The molecule has 0 amide bonds. The Bertz CT molecular complexity index is 425. The Morgan fingerprint density at radius 3 is 3.00 bits per heavy atom. The number of rotatable bonds is 2. The Balaban J connectivity index is 2.54. The number of anilines is 1. The summed E-state index contributed by atoms with van der Waals surface area (Å²) in [7, 11) is 0. The molecule has 0 fully saturated rings. The number of nitrogen functional groups attached to an aromatic ring is 1. The molecule has 0 radical (unpaired) electrons. The third-order valence-electron chi connectivity index (χ3n) is 2.02. The number of oxazole rings is 1. The summed E-state index contributed by atoms with van der Waals surface area (Å²) >= 11 is 5.87. The van der Waals surface area contributed by atoms with Crippen LogP contribution in [0.2, 0.25) is 5.02 Å². The van der Waals surface area contributed by atoms with Crippen molar-refractivity contribution in [2.24, 2.45) is 0 Å². The second kappa shape index (κ2) is 3.50. The number of fused-ring (bicyclic) bond motifs is 1. The van der Waals surface area contributed by atoms with Gasteiger partial charge < -0.3 is 10.2 Å². The van der Waals surface area contributed by atoms with E-state index in [2.05, 4.69) is 11.9 Å². The molecule has 2 aromatic rings. The van der Waals surface area contributed by atoms with Crippen molar-refractivity contribution in [1.29, 1.82) is 0 Å². The van der Waals surface area contributed by atoms with Crippen molar-refractivity contribution in [1.82, 2.24) is 4.98 Å². The van der Waals surface area contributed by atoms with Gasteiger partial charge in [0.2, 0.25) is 0 Å². The van der Waals surface area contributed by atoms with Crippen LogP contribution in [-0.4, -0.2) is 4.98 Å². The van der Waals surface area contributed by atoms with Crippen LogP contribution in [0.15, 0.2) is 16.5 Å². The second-order valence-electron chi connectivity index (χ2n) is 3.20. The van der Waals surface area contributed by atoms with Crippen molar-refractivity contribution in [2.45, 2.75) is 19.8 Å². The maximum absolute atomic E-state index is 5.87. The SMILES string of the molecule is CCCc1nc2cc(Cl)c(N)cc2o1. The van der Waals surface area contributed by atoms with E-state index in [0.717, 1.165) is 24.2 Å². The van der Waals surface area contributed by atoms with Crippen molar-refractivity contribution in [3.8, 4) is 0 Å². The average Bonchev–Trinajstić information content (AvgIpc) is 2.48. The Morgan fingerprint density at radius 2 is 2.29 bits per heavy atom. The molecule has 0 aliphatic heterocycles. The van der Waals surface area contributed by atoms with Crippen LogP contribution in [0.25, 0.3) is 11.1 Å². The Kier molecular flexibility index (Phi) is 2.33. The molecule has 0 atom stereocenters. The van der Waals surface area contributed by atoms with E-state index in [1.54, 1.807) is 12.1 Å². The van der Waals surface area contributed by atoms with Crippen molar-refractivity contribution in [2.75, 3.05) is 5.73 Å². The lowest BCUT2D eigenvalue weighted by Crippen LogP contribution is -1.84. The molecular weight excluding hydrogens is 200 g/mol. The summed E-state index contributed by atoms with van der Waals surface area (Å²) in [6.07, 6.45) is 1.85. The maximum atomic E-state index is 5.87. The van der Waals surface area contributed by atoms with E-state index in [1.807, 2.05) is 0 Å². The molecule has 0 aliphatic carbocycles. The van der Waals surface area contributed by atoms with Crippen LogP contribution in [0, 0.1) is 0 Å². The van der Waals surface area contributed by atoms with Gasteiger partial charge in [0.05, 0.1) is 10.7 Å². The van der Waals surface area contributed by atoms with Crippen molar-refractivity contribution in [3.05, 3.63) is 23.0 Å². The summed E-state index contributed by atoms with van der Waals surface area (Å²) in [6, 6.07) is 3.44. The fourth-order valence-electron chi connectivity index (χ4n) is 1.33. The number of hydrogen-bond donors (Lipinski definition) is 1. The molecule has 3 nitrogen and oxygen atoms in total. The van der Waals surface area contributed by atoms with Crippen LogP contribution in [0.4, 0.5) is 5.69 Å². The highest BCUT2D eigenvalue weighted by Gasteiger charge is 2.07. The smallest absolute Gasteiger partial charge is 0.195 e. The van der Waals surface area contributed by atoms with Gasteiger partial charge in [0.15, 0.2) is 11.5 Å². The Labute approximate surface area is 86.9 Å². The summed E-state index contributed by atoms with van der Waals surface area (Å²) in [5, 5.41) is 0.522. The molecule has 0 aliphatic rings. The number of aryl methyl sites for hydroxylation is 1. The molecule has 0 saturated carbocycles. The first kappa shape index (κ1) is 9.34. The molecule has 1 aromatic heterocycles. The van der Waals surface area contributed by atoms with Gasteiger partial charge in [-0.1, -0.05) is 18.5 Å². The summed E-state index contributed by atoms with van der Waals surface area (Å²) in [5.74, 6) is 0.740. The fourth-order valence-corrected chi connectivity index (χ4v) is 1.49. The first-order chi connectivity index (χ1) is 6.70. The number of benzene rings is 1. The minimum Gasteiger partial charge on any atom is -0.441 e. The largest absolute Gasteiger partial charge is 0.441 e. The fraction of sp³-hybridized carbons (Fsp3) is 0.300. The van der Waals surface area contributed by atoms with Gasteiger partial charge in [-0.3, -0.25) is 0 Å². The molecule has 4 heteroatoms. The highest BCUT2D eigenvalue weighted by Crippen LogP contribution is 2.26. The van der Waals surface area contributed by atoms with Crippen LogP contribution in [0.1, 0.15) is 19.2 Å². The molecule has 1 aromatic carbocycles. The van der Waals surface area contributed by atoms with Gasteiger partial charge in [0.1, 0.15) is 5.52 Å². The predicted octanol–water partition coefficient (Wildman–Crippen LogP) is 3.02. The van der Waals surface area contributed by atoms with Gasteiger partial charge in [-0.2, -0.15) is 0 Å². The zero-order chi connectivity index (χ0) is 10.1. The average molecular weight is 211 g/mol. The van der Waals surface area contributed by atoms with Gasteiger partial charge in [0, 0.05) is 12.5 Å². The number of aromatic nitrogens is 1. The molecule has 2 N–H and O–H groups in total. The topological polar surface area (TPSA) is 52.0 Å². The van der Waals surface area contributed by atoms with Crippen LogP contribution < -0.4 is 5.73 Å². The van der Waals surface area contributed by atoms with Gasteiger partial charge in [0.25, 0.3) is 0 Å². The monoisotopic (exact) mass is 210 g/mol. The van der Waals surface area contributed by atoms with E-state index in [-0.39, 0.29) is 0 Å². The molecule has 0 unspecified atom stereocenters. The number of nitrogens with two attached hydrogens (primary N) is 1. The first-order valence-corrected chi connectivity index (χ1v) is 4.93. The molecule has 0 saturated heterocycles. The normalized spacial score (nSPS) is 11.0. The lowest BCUT2D eigenvalue weighted by atomic mass is 10.3. The zero-order valence-electron chi connectivity index (χ0n) is 7.88. The summed E-state index contributed by atoms with van der Waals surface area (Å²) in [6.45, 7) is 2.08. The van der Waals surface area contributed by atoms with E-state index in [0.29, 0.717) is 16.3 Å². The number of nitrogens with zero attached hydrogens (tertiary/aromatic N) is 1. The molecule has 74 valence electrons. The molecule has 0 spiro atoms. The third kappa shape index (κ3) is 1.55. The molecule has 0 bridgehead atoms. The minimum atomic E-state index is 0.522. The third-order valence-corrected chi connectivity index (χ3v) is 2.34. The maximum Gasteiger partial charge on any atom is 0.195 e. The molecule has 1 heterocycles. The highest BCUT2D eigenvalue weighted by atomic mass is 35.5.